The fraction of sp³-hybridized carbons (Fsp3) is 0.368. The number of nitrogens with zero attached hydrogens (tertiary/aromatic N) is 4. The molecule has 1 unspecified atom stereocenters. The molecule has 0 saturated heterocycles. The van der Waals surface area contributed by atoms with Crippen LogP contribution in [0.1, 0.15) is 37.9 Å². The van der Waals surface area contributed by atoms with E-state index in [1.807, 2.05) is 10.5 Å². The van der Waals surface area contributed by atoms with Crippen LogP contribution in [0.5, 0.6) is 0 Å². The Kier molecular flexibility index (Phi) is 5.60. The molecule has 0 aliphatic heterocycles. The van der Waals surface area contributed by atoms with Crippen molar-refractivity contribution in [3.63, 3.8) is 0 Å². The number of hydrogen-bond donors (Lipinski definition) is 1. The van der Waals surface area contributed by atoms with Crippen molar-refractivity contribution in [1.82, 2.24) is 18.9 Å². The van der Waals surface area contributed by atoms with Crippen LogP contribution in [0.25, 0.3) is 5.65 Å². The van der Waals surface area contributed by atoms with Crippen LogP contribution in [0.2, 0.25) is 0 Å². The van der Waals surface area contributed by atoms with Gasteiger partial charge >= 0.3 is 0 Å². The van der Waals surface area contributed by atoms with Crippen LogP contribution in [-0.4, -0.2) is 32.0 Å². The predicted octanol–water partition coefficient (Wildman–Crippen LogP) is 4.56. The Morgan fingerprint density at radius 2 is 1.80 bits per heavy atom. The molecular weight excluding hydrogens is 330 g/mol. The SMILES string of the molecule is CCN(CC)Sc1ccc2nnc(NC(C)c3ccc(C)cc3)n2c1. The van der Waals surface area contributed by atoms with Crippen LogP contribution >= 0.6 is 11.9 Å². The number of anilines is 1. The van der Waals surface area contributed by atoms with E-state index in [-0.39, 0.29) is 6.04 Å². The number of hydrogen-bond acceptors (Lipinski definition) is 5. The zero-order valence-corrected chi connectivity index (χ0v) is 16.0. The summed E-state index contributed by atoms with van der Waals surface area (Å²) in [6.07, 6.45) is 2.10. The minimum absolute atomic E-state index is 0.159. The molecule has 2 aromatic heterocycles. The van der Waals surface area contributed by atoms with E-state index in [9.17, 15) is 0 Å². The zero-order chi connectivity index (χ0) is 17.8. The van der Waals surface area contributed by atoms with E-state index in [1.165, 1.54) is 16.0 Å². The minimum Gasteiger partial charge on any atom is -0.347 e. The van der Waals surface area contributed by atoms with Gasteiger partial charge in [-0.25, -0.2) is 4.31 Å². The highest BCUT2D eigenvalue weighted by Gasteiger charge is 2.12. The van der Waals surface area contributed by atoms with Crippen molar-refractivity contribution in [1.29, 1.82) is 0 Å². The summed E-state index contributed by atoms with van der Waals surface area (Å²) in [6.45, 7) is 10.6. The summed E-state index contributed by atoms with van der Waals surface area (Å²) in [5, 5.41) is 12.1. The van der Waals surface area contributed by atoms with Crippen molar-refractivity contribution in [2.24, 2.45) is 0 Å². The fourth-order valence-electron chi connectivity index (χ4n) is 2.66. The molecule has 2 heterocycles. The molecule has 0 aliphatic rings. The normalized spacial score (nSPS) is 12.7. The Hall–Kier alpha value is -2.05. The molecule has 1 atom stereocenters. The van der Waals surface area contributed by atoms with Gasteiger partial charge in [0.05, 0.1) is 6.04 Å². The average molecular weight is 356 g/mol. The van der Waals surface area contributed by atoms with Gasteiger partial charge in [0, 0.05) is 24.2 Å². The summed E-state index contributed by atoms with van der Waals surface area (Å²) in [4.78, 5) is 1.18. The quantitative estimate of drug-likeness (QED) is 0.630. The molecule has 0 fully saturated rings. The largest absolute Gasteiger partial charge is 0.347 e. The van der Waals surface area contributed by atoms with Crippen molar-refractivity contribution < 1.29 is 0 Å². The van der Waals surface area contributed by atoms with Gasteiger partial charge in [-0.15, -0.1) is 10.2 Å². The summed E-state index contributed by atoms with van der Waals surface area (Å²) < 4.78 is 4.34. The number of nitrogens with one attached hydrogen (secondary N) is 1. The maximum Gasteiger partial charge on any atom is 0.229 e. The minimum atomic E-state index is 0.159. The molecule has 132 valence electrons. The first-order chi connectivity index (χ1) is 12.1. The van der Waals surface area contributed by atoms with Crippen molar-refractivity contribution >= 4 is 23.5 Å². The maximum atomic E-state index is 4.32. The first-order valence-corrected chi connectivity index (χ1v) is 9.48. The third kappa shape index (κ3) is 4.14. The first-order valence-electron chi connectivity index (χ1n) is 8.71. The van der Waals surface area contributed by atoms with Crippen molar-refractivity contribution in [2.75, 3.05) is 18.4 Å². The third-order valence-corrected chi connectivity index (χ3v) is 5.46. The molecule has 0 amide bonds. The average Bonchev–Trinajstić information content (AvgIpc) is 3.02. The maximum absolute atomic E-state index is 4.32. The third-order valence-electron chi connectivity index (χ3n) is 4.24. The van der Waals surface area contributed by atoms with Gasteiger partial charge in [-0.05, 0) is 43.5 Å². The van der Waals surface area contributed by atoms with E-state index >= 15 is 0 Å². The standard InChI is InChI=1S/C19H25N5S/c1-5-23(6-2)25-17-11-12-18-21-22-19(24(18)13-17)20-15(4)16-9-7-14(3)8-10-16/h7-13,15H,5-6H2,1-4H3,(H,20,22). The smallest absolute Gasteiger partial charge is 0.229 e. The topological polar surface area (TPSA) is 45.5 Å². The molecule has 0 saturated carbocycles. The molecular formula is C19H25N5S. The van der Waals surface area contributed by atoms with E-state index in [4.69, 9.17) is 0 Å². The van der Waals surface area contributed by atoms with Gasteiger partial charge in [0.25, 0.3) is 0 Å². The van der Waals surface area contributed by atoms with E-state index < -0.39 is 0 Å². The van der Waals surface area contributed by atoms with E-state index in [0.717, 1.165) is 24.7 Å². The Morgan fingerprint density at radius 1 is 1.08 bits per heavy atom. The second kappa shape index (κ2) is 7.89. The van der Waals surface area contributed by atoms with Crippen LogP contribution < -0.4 is 5.32 Å². The molecule has 3 aromatic rings. The molecule has 0 bridgehead atoms. The summed E-state index contributed by atoms with van der Waals surface area (Å²) in [6, 6.07) is 12.8. The molecule has 25 heavy (non-hydrogen) atoms. The predicted molar refractivity (Wildman–Crippen MR) is 105 cm³/mol. The molecule has 0 aliphatic carbocycles. The van der Waals surface area contributed by atoms with Crippen LogP contribution in [0, 0.1) is 6.92 Å². The molecule has 6 heteroatoms. The molecule has 1 N–H and O–H groups in total. The van der Waals surface area contributed by atoms with Crippen LogP contribution in [-0.2, 0) is 0 Å². The summed E-state index contributed by atoms with van der Waals surface area (Å²) in [7, 11) is 0. The molecule has 0 spiro atoms. The molecule has 0 radical (unpaired) electrons. The lowest BCUT2D eigenvalue weighted by atomic mass is 10.1. The van der Waals surface area contributed by atoms with Crippen molar-refractivity contribution in [3.8, 4) is 0 Å². The number of pyridine rings is 1. The highest BCUT2D eigenvalue weighted by molar-refractivity contribution is 7.97. The number of aromatic nitrogens is 3. The van der Waals surface area contributed by atoms with E-state index in [1.54, 1.807) is 11.9 Å². The van der Waals surface area contributed by atoms with Crippen LogP contribution in [0.15, 0.2) is 47.5 Å². The van der Waals surface area contributed by atoms with Crippen molar-refractivity contribution in [2.45, 2.75) is 38.6 Å². The second-order valence-corrected chi connectivity index (χ2v) is 7.27. The van der Waals surface area contributed by atoms with Gasteiger partial charge in [0.2, 0.25) is 5.95 Å². The van der Waals surface area contributed by atoms with Gasteiger partial charge in [-0.3, -0.25) is 4.40 Å². The number of rotatable bonds is 7. The summed E-state index contributed by atoms with van der Waals surface area (Å²) >= 11 is 1.76. The van der Waals surface area contributed by atoms with Crippen molar-refractivity contribution in [3.05, 3.63) is 53.7 Å². The Bertz CT molecular complexity index is 823. The zero-order valence-electron chi connectivity index (χ0n) is 15.2. The Balaban J connectivity index is 1.82. The van der Waals surface area contributed by atoms with E-state index in [2.05, 4.69) is 84.0 Å². The lowest BCUT2D eigenvalue weighted by Crippen LogP contribution is -2.13. The lowest BCUT2D eigenvalue weighted by molar-refractivity contribution is 0.525. The van der Waals surface area contributed by atoms with Gasteiger partial charge in [-0.2, -0.15) is 0 Å². The number of aryl methyl sites for hydroxylation is 1. The van der Waals surface area contributed by atoms with Gasteiger partial charge in [0.1, 0.15) is 0 Å². The lowest BCUT2D eigenvalue weighted by Gasteiger charge is -2.17. The molecule has 5 nitrogen and oxygen atoms in total. The fourth-order valence-corrected chi connectivity index (χ4v) is 3.50. The molecule has 1 aromatic carbocycles. The highest BCUT2D eigenvalue weighted by atomic mass is 32.2. The van der Waals surface area contributed by atoms with Gasteiger partial charge < -0.3 is 5.32 Å². The summed E-state index contributed by atoms with van der Waals surface area (Å²) in [5.74, 6) is 0.769. The molecule has 3 rings (SSSR count). The number of fused-ring (bicyclic) bond motifs is 1. The van der Waals surface area contributed by atoms with Crippen LogP contribution in [0.4, 0.5) is 5.95 Å². The highest BCUT2D eigenvalue weighted by Crippen LogP contribution is 2.25. The summed E-state index contributed by atoms with van der Waals surface area (Å²) in [5.41, 5.74) is 3.35. The van der Waals surface area contributed by atoms with Crippen LogP contribution in [0.3, 0.4) is 0 Å². The Labute approximate surface area is 153 Å². The monoisotopic (exact) mass is 355 g/mol. The second-order valence-electron chi connectivity index (χ2n) is 6.10. The van der Waals surface area contributed by atoms with Gasteiger partial charge in [-0.1, -0.05) is 43.7 Å². The Morgan fingerprint density at radius 3 is 2.48 bits per heavy atom. The number of benzene rings is 1. The first kappa shape index (κ1) is 17.8. The van der Waals surface area contributed by atoms with Gasteiger partial charge in [0.15, 0.2) is 5.65 Å². The van der Waals surface area contributed by atoms with E-state index in [0.29, 0.717) is 0 Å².